The fourth-order valence-corrected chi connectivity index (χ4v) is 3.86. The maximum atomic E-state index is 15.2. The van der Waals surface area contributed by atoms with Crippen molar-refractivity contribution in [2.45, 2.75) is 58.1 Å². The smallest absolute Gasteiger partial charge is 0.306 e. The van der Waals surface area contributed by atoms with Gasteiger partial charge in [0.1, 0.15) is 17.9 Å². The first-order chi connectivity index (χ1) is 13.5. The van der Waals surface area contributed by atoms with Crippen LogP contribution in [0.4, 0.5) is 14.5 Å². The number of nitrogens with one attached hydrogen (secondary N) is 1. The second kappa shape index (κ2) is 7.65. The van der Waals surface area contributed by atoms with E-state index in [2.05, 4.69) is 5.32 Å². The van der Waals surface area contributed by atoms with Crippen molar-refractivity contribution < 1.29 is 28.6 Å². The van der Waals surface area contributed by atoms with E-state index in [0.29, 0.717) is 5.56 Å². The van der Waals surface area contributed by atoms with Gasteiger partial charge in [0.25, 0.3) is 0 Å². The molecule has 0 bridgehead atoms. The molecular weight excluding hydrogens is 382 g/mol. The van der Waals surface area contributed by atoms with Gasteiger partial charge >= 0.3 is 5.97 Å². The third-order valence-corrected chi connectivity index (χ3v) is 6.18. The SMILES string of the molecule is C[C@@H](CNC(O)CN1C(=O)C(C)(C)c2c(F)c(C3CC3)cc(F)c21)[C@@H](C)C(=O)O. The summed E-state index contributed by atoms with van der Waals surface area (Å²) in [6.07, 6.45) is 0.403. The van der Waals surface area contributed by atoms with Crippen LogP contribution in [0.3, 0.4) is 0 Å². The number of rotatable bonds is 8. The first kappa shape index (κ1) is 21.6. The van der Waals surface area contributed by atoms with Gasteiger partial charge in [0.05, 0.1) is 23.6 Å². The van der Waals surface area contributed by atoms with E-state index in [1.165, 1.54) is 6.07 Å². The predicted octanol–water partition coefficient (Wildman–Crippen LogP) is 2.73. The van der Waals surface area contributed by atoms with Gasteiger partial charge < -0.3 is 15.1 Å². The molecule has 1 saturated carbocycles. The highest BCUT2D eigenvalue weighted by Gasteiger charge is 2.49. The van der Waals surface area contributed by atoms with Crippen LogP contribution in [-0.4, -0.2) is 41.4 Å². The lowest BCUT2D eigenvalue weighted by Crippen LogP contribution is -2.46. The molecule has 1 unspecified atom stereocenters. The van der Waals surface area contributed by atoms with Crippen molar-refractivity contribution in [2.75, 3.05) is 18.0 Å². The van der Waals surface area contributed by atoms with Crippen molar-refractivity contribution in [2.24, 2.45) is 11.8 Å². The van der Waals surface area contributed by atoms with Crippen molar-refractivity contribution in [3.8, 4) is 0 Å². The van der Waals surface area contributed by atoms with Crippen molar-refractivity contribution in [1.29, 1.82) is 0 Å². The summed E-state index contributed by atoms with van der Waals surface area (Å²) in [6.45, 7) is 6.35. The van der Waals surface area contributed by atoms with Crippen LogP contribution in [0.2, 0.25) is 0 Å². The lowest BCUT2D eigenvalue weighted by molar-refractivity contribution is -0.142. The number of hydrogen-bond acceptors (Lipinski definition) is 4. The Kier molecular flexibility index (Phi) is 5.71. The number of amides is 1. The highest BCUT2D eigenvalue weighted by Crippen LogP contribution is 2.50. The van der Waals surface area contributed by atoms with Gasteiger partial charge in [0.2, 0.25) is 5.91 Å². The Morgan fingerprint density at radius 1 is 1.34 bits per heavy atom. The third-order valence-electron chi connectivity index (χ3n) is 6.18. The van der Waals surface area contributed by atoms with E-state index >= 15 is 4.39 Å². The maximum Gasteiger partial charge on any atom is 0.306 e. The normalized spacial score (nSPS) is 21.1. The topological polar surface area (TPSA) is 89.9 Å². The summed E-state index contributed by atoms with van der Waals surface area (Å²) in [6, 6.07) is 1.17. The highest BCUT2D eigenvalue weighted by molar-refractivity contribution is 6.08. The molecule has 0 saturated heterocycles. The van der Waals surface area contributed by atoms with Crippen molar-refractivity contribution in [3.63, 3.8) is 0 Å². The molecule has 1 heterocycles. The van der Waals surface area contributed by atoms with Gasteiger partial charge in [-0.25, -0.2) is 8.78 Å². The largest absolute Gasteiger partial charge is 0.481 e. The van der Waals surface area contributed by atoms with Crippen LogP contribution >= 0.6 is 0 Å². The Balaban J connectivity index is 1.81. The average Bonchev–Trinajstić information content (AvgIpc) is 3.46. The molecule has 160 valence electrons. The number of carboxylic acids is 1. The second-order valence-corrected chi connectivity index (χ2v) is 8.83. The van der Waals surface area contributed by atoms with Gasteiger partial charge in [0.15, 0.2) is 0 Å². The molecule has 3 rings (SSSR count). The predicted molar refractivity (Wildman–Crippen MR) is 104 cm³/mol. The zero-order valence-corrected chi connectivity index (χ0v) is 17.1. The van der Waals surface area contributed by atoms with Crippen LogP contribution in [0.1, 0.15) is 57.6 Å². The summed E-state index contributed by atoms with van der Waals surface area (Å²) in [4.78, 5) is 25.1. The Labute approximate surface area is 168 Å². The number of anilines is 1. The monoisotopic (exact) mass is 410 g/mol. The highest BCUT2D eigenvalue weighted by atomic mass is 19.1. The third kappa shape index (κ3) is 3.88. The number of benzene rings is 1. The molecule has 1 fully saturated rings. The van der Waals surface area contributed by atoms with Gasteiger partial charge in [-0.1, -0.05) is 13.8 Å². The standard InChI is InChI=1S/C21H28F2N2O4/c1-10(11(2)19(27)28)8-24-15(26)9-25-18-14(22)7-13(12-5-6-12)17(23)16(18)21(3,4)20(25)29/h7,10-12,15,24,26H,5-6,8-9H2,1-4H3,(H,27,28)/t10-,11+,15?/m0/s1. The number of halogens is 2. The number of hydrogen-bond donors (Lipinski definition) is 3. The molecule has 1 aliphatic carbocycles. The molecule has 0 aromatic heterocycles. The van der Waals surface area contributed by atoms with E-state index in [1.807, 2.05) is 0 Å². The van der Waals surface area contributed by atoms with Crippen molar-refractivity contribution in [1.82, 2.24) is 5.32 Å². The van der Waals surface area contributed by atoms with E-state index in [1.54, 1.807) is 27.7 Å². The number of aliphatic hydroxyl groups excluding tert-OH is 1. The lowest BCUT2D eigenvalue weighted by atomic mass is 9.84. The van der Waals surface area contributed by atoms with Gasteiger partial charge in [-0.3, -0.25) is 14.9 Å². The number of aliphatic carboxylic acids is 1. The molecular formula is C21H28F2N2O4. The second-order valence-electron chi connectivity index (χ2n) is 8.83. The van der Waals surface area contributed by atoms with Crippen molar-refractivity contribution in [3.05, 3.63) is 28.8 Å². The van der Waals surface area contributed by atoms with Crippen LogP contribution in [0, 0.1) is 23.5 Å². The molecule has 29 heavy (non-hydrogen) atoms. The average molecular weight is 410 g/mol. The number of aliphatic hydroxyl groups is 1. The fraction of sp³-hybridized carbons (Fsp3) is 0.619. The molecule has 6 nitrogen and oxygen atoms in total. The number of fused-ring (bicyclic) bond motifs is 1. The summed E-state index contributed by atoms with van der Waals surface area (Å²) >= 11 is 0. The van der Waals surface area contributed by atoms with Gasteiger partial charge in [-0.05, 0) is 50.2 Å². The van der Waals surface area contributed by atoms with Crippen LogP contribution in [0.5, 0.6) is 0 Å². The summed E-state index contributed by atoms with van der Waals surface area (Å²) < 4.78 is 30.1. The Morgan fingerprint density at radius 3 is 2.52 bits per heavy atom. The molecule has 2 aliphatic rings. The summed E-state index contributed by atoms with van der Waals surface area (Å²) in [7, 11) is 0. The first-order valence-corrected chi connectivity index (χ1v) is 9.95. The summed E-state index contributed by atoms with van der Waals surface area (Å²) in [5.74, 6) is -3.50. The number of carbonyl (C=O) groups is 2. The fourth-order valence-electron chi connectivity index (χ4n) is 3.86. The quantitative estimate of drug-likeness (QED) is 0.574. The molecule has 8 heteroatoms. The van der Waals surface area contributed by atoms with E-state index in [0.717, 1.165) is 17.7 Å². The summed E-state index contributed by atoms with van der Waals surface area (Å²) in [5, 5.41) is 22.2. The molecule has 1 aromatic carbocycles. The minimum Gasteiger partial charge on any atom is -0.481 e. The zero-order valence-electron chi connectivity index (χ0n) is 17.1. The van der Waals surface area contributed by atoms with Gasteiger partial charge in [-0.15, -0.1) is 0 Å². The zero-order chi connectivity index (χ0) is 21.7. The van der Waals surface area contributed by atoms with E-state index in [9.17, 15) is 19.1 Å². The minimum atomic E-state index is -1.24. The van der Waals surface area contributed by atoms with Crippen molar-refractivity contribution >= 4 is 17.6 Å². The molecule has 0 radical (unpaired) electrons. The number of carboxylic acid groups (broad SMARTS) is 1. The van der Waals surface area contributed by atoms with E-state index in [-0.39, 0.29) is 36.2 Å². The van der Waals surface area contributed by atoms with Gasteiger partial charge in [-0.2, -0.15) is 0 Å². The Bertz CT molecular complexity index is 838. The maximum absolute atomic E-state index is 15.2. The lowest BCUT2D eigenvalue weighted by Gasteiger charge is -2.25. The molecule has 1 aromatic rings. The van der Waals surface area contributed by atoms with Crippen LogP contribution in [0.15, 0.2) is 6.07 Å². The molecule has 3 atom stereocenters. The van der Waals surface area contributed by atoms with Crippen LogP contribution < -0.4 is 10.2 Å². The molecule has 3 N–H and O–H groups in total. The first-order valence-electron chi connectivity index (χ1n) is 9.95. The number of nitrogens with zero attached hydrogens (tertiary/aromatic N) is 1. The molecule has 1 aliphatic heterocycles. The Hall–Kier alpha value is -2.06. The minimum absolute atomic E-state index is 0.000258. The molecule has 1 amide bonds. The van der Waals surface area contributed by atoms with Crippen LogP contribution in [-0.2, 0) is 15.0 Å². The number of carbonyl (C=O) groups excluding carboxylic acids is 1. The summed E-state index contributed by atoms with van der Waals surface area (Å²) in [5.41, 5.74) is -0.992. The Morgan fingerprint density at radius 2 is 1.97 bits per heavy atom. The van der Waals surface area contributed by atoms with Gasteiger partial charge in [0, 0.05) is 12.1 Å². The van der Waals surface area contributed by atoms with Crippen LogP contribution in [0.25, 0.3) is 0 Å². The van der Waals surface area contributed by atoms with E-state index < -0.39 is 41.1 Å². The number of β-amino-alcohol motifs (C(OH)–C–C–N with tert-alkyl or cyclic N) is 1. The van der Waals surface area contributed by atoms with E-state index in [4.69, 9.17) is 5.11 Å². The molecule has 0 spiro atoms.